The number of carbonyl (C=O) groups is 5. The summed E-state index contributed by atoms with van der Waals surface area (Å²) in [7, 11) is 1.64. The molecule has 4 rings (SSSR count). The van der Waals surface area contributed by atoms with E-state index < -0.39 is 24.5 Å². The van der Waals surface area contributed by atoms with Crippen molar-refractivity contribution in [2.75, 3.05) is 55.0 Å². The van der Waals surface area contributed by atoms with Gasteiger partial charge >= 0.3 is 12.0 Å². The Morgan fingerprint density at radius 3 is 2.37 bits per heavy atom. The van der Waals surface area contributed by atoms with Gasteiger partial charge < -0.3 is 30.1 Å². The van der Waals surface area contributed by atoms with E-state index in [1.54, 1.807) is 73.5 Å². The molecule has 11 nitrogen and oxygen atoms in total. The minimum Gasteiger partial charge on any atom is -0.462 e. The molecule has 3 aromatic rings. The molecule has 11 heteroatoms. The average Bonchev–Trinajstić information content (AvgIpc) is 3.05. The minimum atomic E-state index is -0.688. The number of hydrogen-bond donors (Lipinski definition) is 2. The molecule has 1 aliphatic heterocycles. The van der Waals surface area contributed by atoms with E-state index in [0.717, 1.165) is 12.8 Å². The van der Waals surface area contributed by atoms with Crippen LogP contribution in [0.1, 0.15) is 54.3 Å². The SMILES string of the molecule is CCOC(=O)c1cccc(NC(=O)NCC(=O)N(CC(=O)N2CCCC(C)(C)C2)c2ccccc2C(=O)N(C)c2ccccc2)c1. The zero-order chi connectivity index (χ0) is 33.3. The van der Waals surface area contributed by atoms with Crippen LogP contribution in [-0.4, -0.2) is 74.5 Å². The lowest BCUT2D eigenvalue weighted by Gasteiger charge is -2.39. The van der Waals surface area contributed by atoms with Gasteiger partial charge in [-0.15, -0.1) is 0 Å². The number of urea groups is 1. The molecular formula is C35H41N5O6. The summed E-state index contributed by atoms with van der Waals surface area (Å²) in [5.74, 6) is -1.72. The second-order valence-corrected chi connectivity index (χ2v) is 11.9. The topological polar surface area (TPSA) is 128 Å². The predicted octanol–water partition coefficient (Wildman–Crippen LogP) is 4.94. The number of amides is 5. The van der Waals surface area contributed by atoms with Gasteiger partial charge in [-0.05, 0) is 67.6 Å². The zero-order valence-electron chi connectivity index (χ0n) is 26.7. The van der Waals surface area contributed by atoms with Gasteiger partial charge in [-0.25, -0.2) is 9.59 Å². The summed E-state index contributed by atoms with van der Waals surface area (Å²) in [6, 6.07) is 21.3. The van der Waals surface area contributed by atoms with Gasteiger partial charge in [-0.3, -0.25) is 14.4 Å². The molecule has 46 heavy (non-hydrogen) atoms. The van der Waals surface area contributed by atoms with Crippen LogP contribution in [0.5, 0.6) is 0 Å². The maximum Gasteiger partial charge on any atom is 0.338 e. The monoisotopic (exact) mass is 627 g/mol. The van der Waals surface area contributed by atoms with Crippen LogP contribution in [0.15, 0.2) is 78.9 Å². The molecule has 1 aliphatic rings. The maximum absolute atomic E-state index is 13.8. The summed E-state index contributed by atoms with van der Waals surface area (Å²) < 4.78 is 5.01. The molecule has 3 aromatic carbocycles. The van der Waals surface area contributed by atoms with Crippen LogP contribution in [0, 0.1) is 5.41 Å². The number of likely N-dealkylation sites (tertiary alicyclic amines) is 1. The first kappa shape index (κ1) is 33.7. The van der Waals surface area contributed by atoms with Gasteiger partial charge in [0.1, 0.15) is 6.54 Å². The molecule has 0 bridgehead atoms. The Kier molecular flexibility index (Phi) is 11.1. The van der Waals surface area contributed by atoms with Crippen molar-refractivity contribution < 1.29 is 28.7 Å². The third-order valence-electron chi connectivity index (χ3n) is 7.75. The van der Waals surface area contributed by atoms with E-state index in [4.69, 9.17) is 4.74 Å². The van der Waals surface area contributed by atoms with Crippen LogP contribution in [0.4, 0.5) is 21.9 Å². The van der Waals surface area contributed by atoms with Gasteiger partial charge in [0.05, 0.1) is 30.0 Å². The van der Waals surface area contributed by atoms with Crippen molar-refractivity contribution >= 4 is 46.8 Å². The van der Waals surface area contributed by atoms with Gasteiger partial charge in [0, 0.05) is 31.5 Å². The highest BCUT2D eigenvalue weighted by Gasteiger charge is 2.32. The Morgan fingerprint density at radius 2 is 1.65 bits per heavy atom. The van der Waals surface area contributed by atoms with Crippen molar-refractivity contribution in [3.8, 4) is 0 Å². The van der Waals surface area contributed by atoms with E-state index in [1.165, 1.54) is 15.9 Å². The number of hydrogen-bond acceptors (Lipinski definition) is 6. The Labute approximate surface area is 269 Å². The molecule has 0 aromatic heterocycles. The third kappa shape index (κ3) is 8.71. The molecule has 0 radical (unpaired) electrons. The first-order valence-electron chi connectivity index (χ1n) is 15.3. The van der Waals surface area contributed by atoms with Gasteiger partial charge in [0.2, 0.25) is 11.8 Å². The predicted molar refractivity (Wildman–Crippen MR) is 177 cm³/mol. The van der Waals surface area contributed by atoms with Crippen LogP contribution in [-0.2, 0) is 14.3 Å². The van der Waals surface area contributed by atoms with Gasteiger partial charge in [0.25, 0.3) is 5.91 Å². The molecule has 1 fully saturated rings. The fourth-order valence-electron chi connectivity index (χ4n) is 5.38. The maximum atomic E-state index is 13.8. The Bertz CT molecular complexity index is 1570. The van der Waals surface area contributed by atoms with Crippen molar-refractivity contribution in [2.45, 2.75) is 33.6 Å². The van der Waals surface area contributed by atoms with Crippen LogP contribution in [0.2, 0.25) is 0 Å². The molecule has 0 saturated carbocycles. The summed E-state index contributed by atoms with van der Waals surface area (Å²) in [5, 5.41) is 5.15. The lowest BCUT2D eigenvalue weighted by atomic mass is 9.84. The normalized spacial score (nSPS) is 13.7. The van der Waals surface area contributed by atoms with E-state index in [2.05, 4.69) is 24.5 Å². The number of ether oxygens (including phenoxy) is 1. The molecule has 2 N–H and O–H groups in total. The summed E-state index contributed by atoms with van der Waals surface area (Å²) >= 11 is 0. The second kappa shape index (κ2) is 15.2. The van der Waals surface area contributed by atoms with Gasteiger partial charge in [-0.1, -0.05) is 50.2 Å². The number of anilines is 3. The average molecular weight is 628 g/mol. The lowest BCUT2D eigenvalue weighted by Crippen LogP contribution is -2.50. The quantitative estimate of drug-likeness (QED) is 0.307. The van der Waals surface area contributed by atoms with Crippen LogP contribution in [0.3, 0.4) is 0 Å². The smallest absolute Gasteiger partial charge is 0.338 e. The minimum absolute atomic E-state index is 0.0563. The van der Waals surface area contributed by atoms with E-state index in [1.807, 2.05) is 18.2 Å². The molecular weight excluding hydrogens is 586 g/mol. The zero-order valence-corrected chi connectivity index (χ0v) is 26.7. The number of benzene rings is 3. The van der Waals surface area contributed by atoms with E-state index in [9.17, 15) is 24.0 Å². The summed E-state index contributed by atoms with van der Waals surface area (Å²) in [6.07, 6.45) is 1.84. The van der Waals surface area contributed by atoms with Crippen LogP contribution < -0.4 is 20.4 Å². The fraction of sp³-hybridized carbons (Fsp3) is 0.343. The lowest BCUT2D eigenvalue weighted by molar-refractivity contribution is -0.134. The first-order chi connectivity index (χ1) is 22.0. The Balaban J connectivity index is 1.55. The molecule has 0 aliphatic carbocycles. The molecule has 5 amide bonds. The standard InChI is InChI=1S/C35H41N5O6/c1-5-46-33(44)25-13-11-14-26(21-25)37-34(45)36-22-30(41)40(23-31(42)39-20-12-19-35(2,3)24-39)29-18-10-9-17-28(29)32(43)38(4)27-15-7-6-8-16-27/h6-11,13-18,21H,5,12,19-20,22-24H2,1-4H3,(H2,36,37,45). The van der Waals surface area contributed by atoms with Crippen LogP contribution >= 0.6 is 0 Å². The molecule has 242 valence electrons. The third-order valence-corrected chi connectivity index (χ3v) is 7.75. The summed E-state index contributed by atoms with van der Waals surface area (Å²) in [6.45, 7) is 6.49. The molecule has 0 spiro atoms. The highest BCUT2D eigenvalue weighted by atomic mass is 16.5. The Hall–Kier alpha value is -5.19. The van der Waals surface area contributed by atoms with E-state index >= 15 is 0 Å². The number of piperidine rings is 1. The van der Waals surface area contributed by atoms with Gasteiger partial charge in [-0.2, -0.15) is 0 Å². The Morgan fingerprint density at radius 1 is 0.935 bits per heavy atom. The second-order valence-electron chi connectivity index (χ2n) is 11.9. The van der Waals surface area contributed by atoms with Crippen molar-refractivity contribution in [1.29, 1.82) is 0 Å². The van der Waals surface area contributed by atoms with E-state index in [0.29, 0.717) is 24.5 Å². The molecule has 0 unspecified atom stereocenters. The number of carbonyl (C=O) groups excluding carboxylic acids is 5. The molecule has 0 atom stereocenters. The summed E-state index contributed by atoms with van der Waals surface area (Å²) in [4.78, 5) is 70.5. The first-order valence-corrected chi connectivity index (χ1v) is 15.3. The number of para-hydroxylation sites is 2. The number of nitrogens with zero attached hydrogens (tertiary/aromatic N) is 3. The number of esters is 1. The highest BCUT2D eigenvalue weighted by Crippen LogP contribution is 2.29. The number of rotatable bonds is 10. The van der Waals surface area contributed by atoms with Gasteiger partial charge in [0.15, 0.2) is 0 Å². The summed E-state index contributed by atoms with van der Waals surface area (Å²) in [5.41, 5.74) is 1.69. The largest absolute Gasteiger partial charge is 0.462 e. The van der Waals surface area contributed by atoms with E-state index in [-0.39, 0.29) is 47.2 Å². The van der Waals surface area contributed by atoms with Crippen molar-refractivity contribution in [2.24, 2.45) is 5.41 Å². The van der Waals surface area contributed by atoms with Crippen LogP contribution in [0.25, 0.3) is 0 Å². The highest BCUT2D eigenvalue weighted by molar-refractivity contribution is 6.13. The van der Waals surface area contributed by atoms with Crippen molar-refractivity contribution in [3.63, 3.8) is 0 Å². The van der Waals surface area contributed by atoms with Crippen molar-refractivity contribution in [1.82, 2.24) is 10.2 Å². The van der Waals surface area contributed by atoms with Crippen molar-refractivity contribution in [3.05, 3.63) is 90.0 Å². The number of nitrogens with one attached hydrogen (secondary N) is 2. The molecule has 1 saturated heterocycles. The fourth-order valence-corrected chi connectivity index (χ4v) is 5.38. The molecule has 1 heterocycles.